The van der Waals surface area contributed by atoms with Crippen LogP contribution in [0.15, 0.2) is 29.2 Å². The Hall–Kier alpha value is -0.390. The van der Waals surface area contributed by atoms with Crippen LogP contribution in [-0.4, -0.2) is 19.3 Å². The molecule has 2 unspecified atom stereocenters. The van der Waals surface area contributed by atoms with Gasteiger partial charge in [0.2, 0.25) is 10.0 Å². The maximum absolute atomic E-state index is 12.4. The molecular weight excluding hydrogens is 326 g/mol. The van der Waals surface area contributed by atoms with Crippen molar-refractivity contribution in [3.8, 4) is 0 Å². The van der Waals surface area contributed by atoms with Crippen molar-refractivity contribution in [3.63, 3.8) is 0 Å². The van der Waals surface area contributed by atoms with Crippen LogP contribution >= 0.6 is 15.9 Å². The average Bonchev–Trinajstić information content (AvgIpc) is 3.13. The van der Waals surface area contributed by atoms with Crippen LogP contribution in [0.3, 0.4) is 0 Å². The Morgan fingerprint density at radius 3 is 2.53 bits per heavy atom. The lowest BCUT2D eigenvalue weighted by Gasteiger charge is -2.21. The zero-order valence-electron chi connectivity index (χ0n) is 11.3. The van der Waals surface area contributed by atoms with Crippen LogP contribution in [0.5, 0.6) is 0 Å². The summed E-state index contributed by atoms with van der Waals surface area (Å²) in [5, 5.41) is 0. The van der Waals surface area contributed by atoms with Gasteiger partial charge < -0.3 is 0 Å². The number of hydrogen-bond donors (Lipinski definition) is 1. The first kappa shape index (κ1) is 15.0. The minimum atomic E-state index is -3.39. The third-order valence-electron chi connectivity index (χ3n) is 3.50. The highest BCUT2D eigenvalue weighted by molar-refractivity contribution is 9.09. The Bertz CT molecular complexity index is 538. The molecule has 0 bridgehead atoms. The van der Waals surface area contributed by atoms with Crippen molar-refractivity contribution in [2.24, 2.45) is 0 Å². The van der Waals surface area contributed by atoms with Crippen LogP contribution in [0.4, 0.5) is 0 Å². The van der Waals surface area contributed by atoms with Gasteiger partial charge in [-0.25, -0.2) is 13.1 Å². The van der Waals surface area contributed by atoms with Gasteiger partial charge in [0.05, 0.1) is 4.90 Å². The summed E-state index contributed by atoms with van der Waals surface area (Å²) in [5.74, 6) is 0.201. The molecule has 1 aliphatic carbocycles. The first-order valence-electron chi connectivity index (χ1n) is 6.71. The van der Waals surface area contributed by atoms with Crippen LogP contribution < -0.4 is 4.72 Å². The van der Waals surface area contributed by atoms with E-state index in [-0.39, 0.29) is 16.8 Å². The van der Waals surface area contributed by atoms with Crippen LogP contribution in [0.2, 0.25) is 0 Å². The fourth-order valence-corrected chi connectivity index (χ4v) is 4.56. The summed E-state index contributed by atoms with van der Waals surface area (Å²) >= 11 is 3.59. The number of sulfonamides is 1. The topological polar surface area (TPSA) is 46.2 Å². The summed E-state index contributed by atoms with van der Waals surface area (Å²) in [6.07, 6.45) is 2.81. The van der Waals surface area contributed by atoms with Gasteiger partial charge in [-0.1, -0.05) is 48.0 Å². The lowest BCUT2D eigenvalue weighted by Crippen LogP contribution is -2.27. The third kappa shape index (κ3) is 3.58. The Labute approximate surface area is 124 Å². The standard InChI is InChI=1S/C14H20BrNO2S/c1-3-12(10(2)15)13-6-4-5-7-14(13)19(17,18)16-11-8-9-11/h4-7,10-12,16H,3,8-9H2,1-2H3. The Morgan fingerprint density at radius 1 is 1.37 bits per heavy atom. The molecule has 19 heavy (non-hydrogen) atoms. The molecule has 0 saturated heterocycles. The Kier molecular flexibility index (Phi) is 4.69. The van der Waals surface area contributed by atoms with Crippen molar-refractivity contribution in [1.82, 2.24) is 4.72 Å². The van der Waals surface area contributed by atoms with Crippen molar-refractivity contribution in [3.05, 3.63) is 29.8 Å². The maximum Gasteiger partial charge on any atom is 0.241 e. The van der Waals surface area contributed by atoms with Gasteiger partial charge in [0.15, 0.2) is 0 Å². The molecule has 0 heterocycles. The molecular formula is C14H20BrNO2S. The summed E-state index contributed by atoms with van der Waals surface area (Å²) in [4.78, 5) is 0.676. The number of benzene rings is 1. The summed E-state index contributed by atoms with van der Waals surface area (Å²) < 4.78 is 27.6. The largest absolute Gasteiger partial charge is 0.241 e. The second-order valence-electron chi connectivity index (χ2n) is 5.13. The Morgan fingerprint density at radius 2 is 2.00 bits per heavy atom. The average molecular weight is 346 g/mol. The van der Waals surface area contributed by atoms with E-state index in [0.717, 1.165) is 24.8 Å². The molecule has 1 aromatic carbocycles. The molecule has 1 saturated carbocycles. The highest BCUT2D eigenvalue weighted by Crippen LogP contribution is 2.33. The maximum atomic E-state index is 12.4. The molecule has 0 amide bonds. The molecule has 3 nitrogen and oxygen atoms in total. The number of halogens is 1. The first-order chi connectivity index (χ1) is 8.95. The minimum absolute atomic E-state index is 0.138. The normalized spacial score (nSPS) is 19.1. The fraction of sp³-hybridized carbons (Fsp3) is 0.571. The first-order valence-corrected chi connectivity index (χ1v) is 9.11. The molecule has 1 N–H and O–H groups in total. The summed E-state index contributed by atoms with van der Waals surface area (Å²) in [6, 6.07) is 7.46. The zero-order valence-corrected chi connectivity index (χ0v) is 13.7. The fourth-order valence-electron chi connectivity index (χ4n) is 2.31. The van der Waals surface area contributed by atoms with E-state index in [2.05, 4.69) is 34.5 Å². The van der Waals surface area contributed by atoms with E-state index in [1.54, 1.807) is 12.1 Å². The molecule has 2 atom stereocenters. The quantitative estimate of drug-likeness (QED) is 0.803. The van der Waals surface area contributed by atoms with Crippen LogP contribution in [0.25, 0.3) is 0 Å². The van der Waals surface area contributed by atoms with Crippen molar-refractivity contribution >= 4 is 26.0 Å². The zero-order chi connectivity index (χ0) is 14.0. The molecule has 2 rings (SSSR count). The highest BCUT2D eigenvalue weighted by Gasteiger charge is 2.30. The molecule has 0 aromatic heterocycles. The lowest BCUT2D eigenvalue weighted by atomic mass is 9.94. The van der Waals surface area contributed by atoms with Gasteiger partial charge in [0, 0.05) is 10.9 Å². The second kappa shape index (κ2) is 5.94. The Balaban J connectivity index is 2.39. The van der Waals surface area contributed by atoms with Crippen LogP contribution in [-0.2, 0) is 10.0 Å². The number of rotatable bonds is 6. The summed E-state index contributed by atoms with van der Waals surface area (Å²) in [6.45, 7) is 4.14. The van der Waals surface area contributed by atoms with E-state index in [9.17, 15) is 8.42 Å². The SMILES string of the molecule is CCC(c1ccccc1S(=O)(=O)NC1CC1)C(C)Br. The van der Waals surface area contributed by atoms with Gasteiger partial charge in [-0.15, -0.1) is 0 Å². The van der Waals surface area contributed by atoms with Gasteiger partial charge in [-0.3, -0.25) is 0 Å². The van der Waals surface area contributed by atoms with Crippen molar-refractivity contribution in [2.75, 3.05) is 0 Å². The molecule has 1 fully saturated rings. The van der Waals surface area contributed by atoms with Crippen molar-refractivity contribution in [2.45, 2.75) is 54.8 Å². The van der Waals surface area contributed by atoms with Crippen LogP contribution in [0, 0.1) is 0 Å². The summed E-state index contributed by atoms with van der Waals surface area (Å²) in [7, 11) is -3.39. The second-order valence-corrected chi connectivity index (χ2v) is 8.25. The van der Waals surface area contributed by atoms with Gasteiger partial charge >= 0.3 is 0 Å². The predicted molar refractivity (Wildman–Crippen MR) is 81.2 cm³/mol. The van der Waals surface area contributed by atoms with Gasteiger partial charge in [0.1, 0.15) is 0 Å². The molecule has 1 aliphatic rings. The van der Waals surface area contributed by atoms with E-state index in [1.165, 1.54) is 0 Å². The van der Waals surface area contributed by atoms with Crippen molar-refractivity contribution < 1.29 is 8.42 Å². The van der Waals surface area contributed by atoms with Gasteiger partial charge in [-0.05, 0) is 36.8 Å². The lowest BCUT2D eigenvalue weighted by molar-refractivity contribution is 0.575. The molecule has 0 radical (unpaired) electrons. The number of alkyl halides is 1. The van der Waals surface area contributed by atoms with Gasteiger partial charge in [0.25, 0.3) is 0 Å². The van der Waals surface area contributed by atoms with Crippen LogP contribution in [0.1, 0.15) is 44.6 Å². The van der Waals surface area contributed by atoms with Gasteiger partial charge in [-0.2, -0.15) is 0 Å². The van der Waals surface area contributed by atoms with E-state index >= 15 is 0 Å². The molecule has 0 aliphatic heterocycles. The third-order valence-corrected chi connectivity index (χ3v) is 5.73. The monoisotopic (exact) mass is 345 g/mol. The molecule has 0 spiro atoms. The highest BCUT2D eigenvalue weighted by atomic mass is 79.9. The smallest absolute Gasteiger partial charge is 0.208 e. The number of hydrogen-bond acceptors (Lipinski definition) is 2. The molecule has 106 valence electrons. The summed E-state index contributed by atoms with van der Waals surface area (Å²) in [5.41, 5.74) is 0.905. The molecule has 5 heteroatoms. The van der Waals surface area contributed by atoms with E-state index < -0.39 is 10.0 Å². The van der Waals surface area contributed by atoms with Crippen molar-refractivity contribution in [1.29, 1.82) is 0 Å². The van der Waals surface area contributed by atoms with E-state index in [4.69, 9.17) is 0 Å². The van der Waals surface area contributed by atoms with E-state index in [1.807, 2.05) is 12.1 Å². The number of nitrogens with one attached hydrogen (secondary N) is 1. The molecule has 1 aromatic rings. The van der Waals surface area contributed by atoms with E-state index in [0.29, 0.717) is 4.90 Å². The predicted octanol–water partition coefficient (Wildman–Crippen LogP) is 3.40. The minimum Gasteiger partial charge on any atom is -0.208 e.